The van der Waals surface area contributed by atoms with Crippen LogP contribution in [0.15, 0.2) is 42.7 Å². The fraction of sp³-hybridized carbons (Fsp3) is 0.312. The number of nitrogens with zero attached hydrogens (tertiary/aromatic N) is 1. The van der Waals surface area contributed by atoms with Crippen LogP contribution in [0.1, 0.15) is 34.3 Å². The minimum absolute atomic E-state index is 0.130. The summed E-state index contributed by atoms with van der Waals surface area (Å²) in [6.07, 6.45) is 2.89. The topological polar surface area (TPSA) is 59.1 Å². The number of hydrogen-bond acceptors (Lipinski definition) is 3. The number of hydrogen-bond donors (Lipinski definition) is 2. The first-order valence-corrected chi connectivity index (χ1v) is 6.48. The Morgan fingerprint density at radius 3 is 2.68 bits per heavy atom. The first-order valence-electron chi connectivity index (χ1n) is 6.48. The van der Waals surface area contributed by atoms with E-state index in [1.807, 2.05) is 44.2 Å². The molecule has 19 heavy (non-hydrogen) atoms. The number of rotatable bonds is 4. The van der Waals surface area contributed by atoms with Crippen LogP contribution >= 0.6 is 0 Å². The Bertz CT molecular complexity index is 540. The third kappa shape index (κ3) is 3.00. The highest BCUT2D eigenvalue weighted by molar-refractivity contribution is 5.34. The number of aliphatic hydroxyl groups is 1. The summed E-state index contributed by atoms with van der Waals surface area (Å²) in [7, 11) is 0. The lowest BCUT2D eigenvalue weighted by Gasteiger charge is -2.23. The van der Waals surface area contributed by atoms with Crippen molar-refractivity contribution in [2.45, 2.75) is 25.9 Å². The number of aryl methyl sites for hydroxylation is 2. The summed E-state index contributed by atoms with van der Waals surface area (Å²) in [5.41, 5.74) is 9.98. The van der Waals surface area contributed by atoms with E-state index < -0.39 is 6.10 Å². The molecule has 0 aliphatic rings. The molecule has 3 N–H and O–H groups in total. The van der Waals surface area contributed by atoms with Crippen molar-refractivity contribution >= 4 is 0 Å². The molecule has 2 unspecified atom stereocenters. The molecule has 0 aliphatic heterocycles. The Balaban J connectivity index is 2.36. The molecule has 3 nitrogen and oxygen atoms in total. The lowest BCUT2D eigenvalue weighted by molar-refractivity contribution is 0.146. The van der Waals surface area contributed by atoms with E-state index in [9.17, 15) is 5.11 Å². The SMILES string of the molecule is Cc1ccc(C)c(C(O)C(CN)c2cccnc2)c1. The predicted molar refractivity (Wildman–Crippen MR) is 76.9 cm³/mol. The molecule has 3 heteroatoms. The summed E-state index contributed by atoms with van der Waals surface area (Å²) in [5, 5.41) is 10.6. The van der Waals surface area contributed by atoms with E-state index in [-0.39, 0.29) is 5.92 Å². The molecule has 1 aromatic carbocycles. The molecule has 100 valence electrons. The van der Waals surface area contributed by atoms with Gasteiger partial charge in [-0.25, -0.2) is 0 Å². The van der Waals surface area contributed by atoms with E-state index in [0.29, 0.717) is 6.54 Å². The normalized spacial score (nSPS) is 14.1. The van der Waals surface area contributed by atoms with E-state index in [4.69, 9.17) is 5.73 Å². The van der Waals surface area contributed by atoms with E-state index in [1.54, 1.807) is 12.4 Å². The molecule has 0 saturated carbocycles. The van der Waals surface area contributed by atoms with Gasteiger partial charge in [-0.3, -0.25) is 4.98 Å². The van der Waals surface area contributed by atoms with Gasteiger partial charge in [-0.1, -0.05) is 29.8 Å². The second-order valence-corrected chi connectivity index (χ2v) is 4.93. The Kier molecular flexibility index (Phi) is 4.30. The van der Waals surface area contributed by atoms with E-state index in [1.165, 1.54) is 0 Å². The van der Waals surface area contributed by atoms with Gasteiger partial charge < -0.3 is 10.8 Å². The molecule has 1 heterocycles. The zero-order valence-corrected chi connectivity index (χ0v) is 11.4. The second-order valence-electron chi connectivity index (χ2n) is 4.93. The van der Waals surface area contributed by atoms with Crippen molar-refractivity contribution in [1.82, 2.24) is 4.98 Å². The maximum atomic E-state index is 10.6. The van der Waals surface area contributed by atoms with Gasteiger partial charge in [-0.05, 0) is 36.6 Å². The number of pyridine rings is 1. The minimum Gasteiger partial charge on any atom is -0.388 e. The zero-order valence-electron chi connectivity index (χ0n) is 11.4. The molecule has 0 aliphatic carbocycles. The predicted octanol–water partition coefficient (Wildman–Crippen LogP) is 2.47. The van der Waals surface area contributed by atoms with Crippen LogP contribution in [-0.2, 0) is 0 Å². The van der Waals surface area contributed by atoms with Crippen LogP contribution in [0.25, 0.3) is 0 Å². The molecule has 0 bridgehead atoms. The highest BCUT2D eigenvalue weighted by atomic mass is 16.3. The van der Waals surface area contributed by atoms with Crippen molar-refractivity contribution in [2.24, 2.45) is 5.73 Å². The van der Waals surface area contributed by atoms with Gasteiger partial charge in [0.1, 0.15) is 0 Å². The first kappa shape index (κ1) is 13.7. The average Bonchev–Trinajstić information content (AvgIpc) is 2.43. The van der Waals surface area contributed by atoms with Gasteiger partial charge >= 0.3 is 0 Å². The molecule has 0 spiro atoms. The minimum atomic E-state index is -0.603. The lowest BCUT2D eigenvalue weighted by Crippen LogP contribution is -2.21. The maximum absolute atomic E-state index is 10.6. The molecule has 2 atom stereocenters. The van der Waals surface area contributed by atoms with Crippen molar-refractivity contribution in [3.63, 3.8) is 0 Å². The summed E-state index contributed by atoms with van der Waals surface area (Å²) in [5.74, 6) is -0.130. The van der Waals surface area contributed by atoms with E-state index >= 15 is 0 Å². The third-order valence-corrected chi connectivity index (χ3v) is 3.50. The van der Waals surface area contributed by atoms with Crippen LogP contribution in [0.2, 0.25) is 0 Å². The molecule has 2 rings (SSSR count). The Morgan fingerprint density at radius 2 is 2.05 bits per heavy atom. The molecule has 1 aromatic heterocycles. The van der Waals surface area contributed by atoms with Gasteiger partial charge in [-0.15, -0.1) is 0 Å². The molecular weight excluding hydrogens is 236 g/mol. The number of benzene rings is 1. The van der Waals surface area contributed by atoms with Crippen molar-refractivity contribution in [2.75, 3.05) is 6.54 Å². The van der Waals surface area contributed by atoms with Crippen LogP contribution in [0.4, 0.5) is 0 Å². The molecular formula is C16H20N2O. The Morgan fingerprint density at radius 1 is 1.26 bits per heavy atom. The third-order valence-electron chi connectivity index (χ3n) is 3.50. The van der Waals surface area contributed by atoms with Crippen molar-refractivity contribution in [3.8, 4) is 0 Å². The molecule has 0 fully saturated rings. The number of aromatic nitrogens is 1. The van der Waals surface area contributed by atoms with Crippen LogP contribution in [-0.4, -0.2) is 16.6 Å². The average molecular weight is 256 g/mol. The second kappa shape index (κ2) is 5.95. The Labute approximate surface area is 114 Å². The summed E-state index contributed by atoms with van der Waals surface area (Å²) in [6.45, 7) is 4.42. The monoisotopic (exact) mass is 256 g/mol. The van der Waals surface area contributed by atoms with Crippen LogP contribution in [0.5, 0.6) is 0 Å². The van der Waals surface area contributed by atoms with Gasteiger partial charge in [-0.2, -0.15) is 0 Å². The molecule has 2 aromatic rings. The first-order chi connectivity index (χ1) is 9.13. The number of aliphatic hydroxyl groups excluding tert-OH is 1. The quantitative estimate of drug-likeness (QED) is 0.883. The maximum Gasteiger partial charge on any atom is 0.0873 e. The largest absolute Gasteiger partial charge is 0.388 e. The summed E-state index contributed by atoms with van der Waals surface area (Å²) >= 11 is 0. The van der Waals surface area contributed by atoms with Gasteiger partial charge in [0.15, 0.2) is 0 Å². The van der Waals surface area contributed by atoms with Crippen LogP contribution in [0, 0.1) is 13.8 Å². The summed E-state index contributed by atoms with van der Waals surface area (Å²) < 4.78 is 0. The molecule has 0 radical (unpaired) electrons. The highest BCUT2D eigenvalue weighted by Gasteiger charge is 2.23. The van der Waals surface area contributed by atoms with Gasteiger partial charge in [0.05, 0.1) is 6.10 Å². The fourth-order valence-corrected chi connectivity index (χ4v) is 2.34. The van der Waals surface area contributed by atoms with Crippen molar-refractivity contribution < 1.29 is 5.11 Å². The van der Waals surface area contributed by atoms with Crippen molar-refractivity contribution in [1.29, 1.82) is 0 Å². The lowest BCUT2D eigenvalue weighted by atomic mass is 9.87. The number of nitrogens with two attached hydrogens (primary N) is 1. The fourth-order valence-electron chi connectivity index (χ4n) is 2.34. The smallest absolute Gasteiger partial charge is 0.0873 e. The zero-order chi connectivity index (χ0) is 13.8. The van der Waals surface area contributed by atoms with E-state index in [0.717, 1.165) is 22.3 Å². The van der Waals surface area contributed by atoms with Crippen LogP contribution in [0.3, 0.4) is 0 Å². The summed E-state index contributed by atoms with van der Waals surface area (Å²) in [4.78, 5) is 4.10. The Hall–Kier alpha value is -1.71. The van der Waals surface area contributed by atoms with Gasteiger partial charge in [0.2, 0.25) is 0 Å². The van der Waals surface area contributed by atoms with Crippen LogP contribution < -0.4 is 5.73 Å². The van der Waals surface area contributed by atoms with E-state index in [2.05, 4.69) is 4.98 Å². The highest BCUT2D eigenvalue weighted by Crippen LogP contribution is 2.31. The van der Waals surface area contributed by atoms with Gasteiger partial charge in [0, 0.05) is 24.9 Å². The van der Waals surface area contributed by atoms with Gasteiger partial charge in [0.25, 0.3) is 0 Å². The molecule has 0 saturated heterocycles. The molecule has 0 amide bonds. The summed E-state index contributed by atoms with van der Waals surface area (Å²) in [6, 6.07) is 9.93. The standard InChI is InChI=1S/C16H20N2O/c1-11-5-6-12(2)14(8-11)16(19)15(9-17)13-4-3-7-18-10-13/h3-8,10,15-16,19H,9,17H2,1-2H3. The van der Waals surface area contributed by atoms with Crippen molar-refractivity contribution in [3.05, 3.63) is 65.0 Å².